The molecule has 1 saturated carbocycles. The number of hydrogen-bond acceptors (Lipinski definition) is 5. The molecule has 1 amide bonds. The number of nitrogen functional groups attached to an aromatic ring is 1. The second-order valence-corrected chi connectivity index (χ2v) is 6.11. The number of unbranched alkanes of at least 4 members (excludes halogenated alkanes) is 1. The number of H-pyrrole nitrogens is 1. The average molecular weight is 338 g/mol. The molecule has 3 N–H and O–H groups in total. The van der Waals surface area contributed by atoms with Gasteiger partial charge in [-0.25, -0.2) is 4.79 Å². The average Bonchev–Trinajstić information content (AvgIpc) is 2.48. The Balaban J connectivity index is 2.45. The van der Waals surface area contributed by atoms with E-state index >= 15 is 0 Å². The molecule has 0 spiro atoms. The molecule has 1 fully saturated rings. The molecule has 2 rings (SSSR count). The molecule has 1 heterocycles. The van der Waals surface area contributed by atoms with Gasteiger partial charge in [0.05, 0.1) is 6.61 Å². The van der Waals surface area contributed by atoms with Crippen LogP contribution in [0.4, 0.5) is 11.5 Å². The largest absolute Gasteiger partial charge is 0.383 e. The van der Waals surface area contributed by atoms with Gasteiger partial charge in [-0.1, -0.05) is 19.8 Å². The van der Waals surface area contributed by atoms with Gasteiger partial charge in [-0.2, -0.15) is 0 Å². The summed E-state index contributed by atoms with van der Waals surface area (Å²) in [4.78, 5) is 40.7. The lowest BCUT2D eigenvalue weighted by Gasteiger charge is -2.32. The zero-order valence-electron chi connectivity index (χ0n) is 14.3. The number of nitrogens with one attached hydrogen (secondary N) is 1. The van der Waals surface area contributed by atoms with E-state index in [-0.39, 0.29) is 36.5 Å². The van der Waals surface area contributed by atoms with Crippen molar-refractivity contribution >= 4 is 17.4 Å². The summed E-state index contributed by atoms with van der Waals surface area (Å²) in [6, 6.07) is 0. The number of nitrogens with zero attached hydrogens (tertiary/aromatic N) is 2. The van der Waals surface area contributed by atoms with E-state index in [2.05, 4.69) is 4.98 Å². The van der Waals surface area contributed by atoms with Crippen molar-refractivity contribution in [2.45, 2.75) is 45.6 Å². The van der Waals surface area contributed by atoms with Crippen LogP contribution in [0.2, 0.25) is 0 Å². The molecule has 8 heteroatoms. The molecule has 134 valence electrons. The standard InChI is InChI=1S/C16H26N4O4/c1-3-4-8-20-13(17)12(14(21)18-16(20)23)19(9-10-24-2)15(22)11-6-5-7-11/h11H,3-10,17H2,1-2H3,(H,18,21,23). The number of rotatable bonds is 8. The van der Waals surface area contributed by atoms with E-state index in [0.717, 1.165) is 32.1 Å². The van der Waals surface area contributed by atoms with Crippen molar-refractivity contribution in [3.63, 3.8) is 0 Å². The van der Waals surface area contributed by atoms with Crippen LogP contribution in [0.3, 0.4) is 0 Å². The fourth-order valence-corrected chi connectivity index (χ4v) is 2.77. The minimum absolute atomic E-state index is 0.0426. The van der Waals surface area contributed by atoms with Gasteiger partial charge in [0.15, 0.2) is 5.69 Å². The SMILES string of the molecule is CCCCn1c(N)c(N(CCOC)C(=O)C2CCC2)c(=O)[nH]c1=O. The van der Waals surface area contributed by atoms with Crippen LogP contribution in [0.15, 0.2) is 9.59 Å². The zero-order valence-corrected chi connectivity index (χ0v) is 14.3. The maximum Gasteiger partial charge on any atom is 0.330 e. The van der Waals surface area contributed by atoms with Gasteiger partial charge in [0.25, 0.3) is 5.56 Å². The fourth-order valence-electron chi connectivity index (χ4n) is 2.77. The molecule has 8 nitrogen and oxygen atoms in total. The van der Waals surface area contributed by atoms with Crippen LogP contribution in [-0.2, 0) is 16.1 Å². The Morgan fingerprint density at radius 3 is 2.67 bits per heavy atom. The molecule has 0 saturated heterocycles. The predicted octanol–water partition coefficient (Wildman–Crippen LogP) is 0.698. The van der Waals surface area contributed by atoms with E-state index in [1.54, 1.807) is 0 Å². The first-order chi connectivity index (χ1) is 11.5. The first kappa shape index (κ1) is 18.3. The van der Waals surface area contributed by atoms with Gasteiger partial charge in [-0.05, 0) is 19.3 Å². The Morgan fingerprint density at radius 2 is 2.12 bits per heavy atom. The number of carbonyl (C=O) groups excluding carboxylic acids is 1. The molecular weight excluding hydrogens is 312 g/mol. The maximum atomic E-state index is 12.7. The van der Waals surface area contributed by atoms with Crippen LogP contribution in [0.25, 0.3) is 0 Å². The Hall–Kier alpha value is -2.09. The molecule has 0 bridgehead atoms. The summed E-state index contributed by atoms with van der Waals surface area (Å²) in [5, 5.41) is 0. The fraction of sp³-hybridized carbons (Fsp3) is 0.688. The Bertz CT molecular complexity index is 690. The maximum absolute atomic E-state index is 12.7. The van der Waals surface area contributed by atoms with Gasteiger partial charge in [0, 0.05) is 26.1 Å². The van der Waals surface area contributed by atoms with Crippen LogP contribution in [0, 0.1) is 5.92 Å². The number of amides is 1. The molecule has 0 atom stereocenters. The molecule has 24 heavy (non-hydrogen) atoms. The monoisotopic (exact) mass is 338 g/mol. The zero-order chi connectivity index (χ0) is 17.7. The highest BCUT2D eigenvalue weighted by atomic mass is 16.5. The number of hydrogen-bond donors (Lipinski definition) is 2. The number of aromatic nitrogens is 2. The van der Waals surface area contributed by atoms with Crippen LogP contribution >= 0.6 is 0 Å². The first-order valence-electron chi connectivity index (χ1n) is 8.44. The molecule has 0 aromatic carbocycles. The van der Waals surface area contributed by atoms with Crippen molar-refractivity contribution in [1.29, 1.82) is 0 Å². The Labute approximate surface area is 140 Å². The van der Waals surface area contributed by atoms with Gasteiger partial charge in [0.2, 0.25) is 5.91 Å². The van der Waals surface area contributed by atoms with Crippen LogP contribution in [0.1, 0.15) is 39.0 Å². The van der Waals surface area contributed by atoms with Gasteiger partial charge < -0.3 is 15.4 Å². The molecule has 1 aliphatic rings. The number of ether oxygens (including phenoxy) is 1. The third-order valence-electron chi connectivity index (χ3n) is 4.46. The minimum Gasteiger partial charge on any atom is -0.383 e. The number of aromatic amines is 1. The van der Waals surface area contributed by atoms with E-state index < -0.39 is 11.2 Å². The van der Waals surface area contributed by atoms with Crippen molar-refractivity contribution in [3.8, 4) is 0 Å². The summed E-state index contributed by atoms with van der Waals surface area (Å²) in [6.07, 6.45) is 4.28. The van der Waals surface area contributed by atoms with Gasteiger partial charge >= 0.3 is 5.69 Å². The third-order valence-corrected chi connectivity index (χ3v) is 4.46. The van der Waals surface area contributed by atoms with Crippen LogP contribution in [-0.4, -0.2) is 35.7 Å². The van der Waals surface area contributed by atoms with Crippen molar-refractivity contribution in [1.82, 2.24) is 9.55 Å². The topological polar surface area (TPSA) is 110 Å². The molecule has 0 radical (unpaired) electrons. The Morgan fingerprint density at radius 1 is 1.42 bits per heavy atom. The lowest BCUT2D eigenvalue weighted by molar-refractivity contribution is -0.124. The lowest BCUT2D eigenvalue weighted by atomic mass is 9.84. The Kier molecular flexibility index (Phi) is 6.19. The summed E-state index contributed by atoms with van der Waals surface area (Å²) in [7, 11) is 1.53. The summed E-state index contributed by atoms with van der Waals surface area (Å²) in [6.45, 7) is 2.91. The van der Waals surface area contributed by atoms with Gasteiger partial charge in [-0.15, -0.1) is 0 Å². The normalized spacial score (nSPS) is 14.4. The second kappa shape index (κ2) is 8.14. The molecule has 1 aliphatic carbocycles. The van der Waals surface area contributed by atoms with E-state index in [0.29, 0.717) is 6.54 Å². The molecule has 1 aromatic rings. The first-order valence-corrected chi connectivity index (χ1v) is 8.44. The van der Waals surface area contributed by atoms with E-state index in [9.17, 15) is 14.4 Å². The van der Waals surface area contributed by atoms with Gasteiger partial charge in [-0.3, -0.25) is 19.1 Å². The molecule has 0 aliphatic heterocycles. The summed E-state index contributed by atoms with van der Waals surface area (Å²) in [5.41, 5.74) is 4.98. The molecular formula is C16H26N4O4. The summed E-state index contributed by atoms with van der Waals surface area (Å²) >= 11 is 0. The quantitative estimate of drug-likeness (QED) is 0.725. The minimum atomic E-state index is -0.631. The van der Waals surface area contributed by atoms with Gasteiger partial charge in [0.1, 0.15) is 5.82 Å². The number of methoxy groups -OCH3 is 1. The van der Waals surface area contributed by atoms with Crippen molar-refractivity contribution in [3.05, 3.63) is 20.8 Å². The highest BCUT2D eigenvalue weighted by Crippen LogP contribution is 2.30. The van der Waals surface area contributed by atoms with Crippen molar-refractivity contribution in [2.75, 3.05) is 30.9 Å². The summed E-state index contributed by atoms with van der Waals surface area (Å²) < 4.78 is 6.39. The highest BCUT2D eigenvalue weighted by molar-refractivity contribution is 5.97. The molecule has 0 unspecified atom stereocenters. The van der Waals surface area contributed by atoms with Crippen LogP contribution < -0.4 is 21.9 Å². The number of anilines is 2. The predicted molar refractivity (Wildman–Crippen MR) is 92.2 cm³/mol. The highest BCUT2D eigenvalue weighted by Gasteiger charge is 2.32. The van der Waals surface area contributed by atoms with Crippen LogP contribution in [0.5, 0.6) is 0 Å². The van der Waals surface area contributed by atoms with Crippen molar-refractivity contribution in [2.24, 2.45) is 5.92 Å². The van der Waals surface area contributed by atoms with Crippen molar-refractivity contribution < 1.29 is 9.53 Å². The summed E-state index contributed by atoms with van der Waals surface area (Å²) in [5.74, 6) is -0.172. The number of carbonyl (C=O) groups is 1. The van der Waals surface area contributed by atoms with E-state index in [1.165, 1.54) is 16.6 Å². The third kappa shape index (κ3) is 3.69. The second-order valence-electron chi connectivity index (χ2n) is 6.11. The number of nitrogens with two attached hydrogens (primary N) is 1. The molecule has 1 aromatic heterocycles. The van der Waals surface area contributed by atoms with E-state index in [1.807, 2.05) is 6.92 Å². The smallest absolute Gasteiger partial charge is 0.330 e. The van der Waals surface area contributed by atoms with E-state index in [4.69, 9.17) is 10.5 Å². The lowest BCUT2D eigenvalue weighted by Crippen LogP contribution is -2.46.